The topological polar surface area (TPSA) is 51.8 Å². The van der Waals surface area contributed by atoms with E-state index in [2.05, 4.69) is 10.2 Å². The van der Waals surface area contributed by atoms with Gasteiger partial charge in [0, 0.05) is 12.3 Å². The quantitative estimate of drug-likeness (QED) is 0.829. The Morgan fingerprint density at radius 3 is 2.79 bits per heavy atom. The average Bonchev–Trinajstić information content (AvgIpc) is 2.85. The molecule has 0 aliphatic heterocycles. The molecule has 0 saturated heterocycles. The first-order valence-corrected chi connectivity index (χ1v) is 6.24. The maximum absolute atomic E-state index is 5.46. The van der Waals surface area contributed by atoms with Crippen LogP contribution in [0.5, 0.6) is 0 Å². The van der Waals surface area contributed by atoms with Crippen molar-refractivity contribution in [3.63, 3.8) is 0 Å². The monoisotopic (exact) mass is 211 g/mol. The smallest absolute Gasteiger partial charge is 0.120 e. The summed E-state index contributed by atoms with van der Waals surface area (Å²) in [5.41, 5.74) is 5.46. The van der Waals surface area contributed by atoms with E-state index in [4.69, 9.17) is 5.73 Å². The van der Waals surface area contributed by atoms with E-state index >= 15 is 0 Å². The molecule has 2 rings (SSSR count). The van der Waals surface area contributed by atoms with Crippen LogP contribution in [-0.2, 0) is 6.42 Å². The van der Waals surface area contributed by atoms with Crippen molar-refractivity contribution >= 4 is 11.3 Å². The third-order valence-electron chi connectivity index (χ3n) is 2.78. The lowest BCUT2D eigenvalue weighted by atomic mass is 10.1. The fourth-order valence-corrected chi connectivity index (χ4v) is 3.01. The second-order valence-corrected chi connectivity index (χ2v) is 5.00. The fourth-order valence-electron chi connectivity index (χ4n) is 1.96. The molecule has 1 aliphatic carbocycles. The Kier molecular flexibility index (Phi) is 3.48. The first-order valence-electron chi connectivity index (χ1n) is 5.42. The van der Waals surface area contributed by atoms with Crippen LogP contribution in [0.15, 0.2) is 0 Å². The lowest BCUT2D eigenvalue weighted by molar-refractivity contribution is 0.702. The van der Waals surface area contributed by atoms with Gasteiger partial charge in [-0.3, -0.25) is 0 Å². The Bertz CT molecular complexity index is 279. The van der Waals surface area contributed by atoms with Gasteiger partial charge < -0.3 is 5.73 Å². The molecule has 0 amide bonds. The van der Waals surface area contributed by atoms with Crippen LogP contribution in [0.3, 0.4) is 0 Å². The van der Waals surface area contributed by atoms with Crippen molar-refractivity contribution in [1.82, 2.24) is 10.2 Å². The van der Waals surface area contributed by atoms with Crippen LogP contribution in [0.25, 0.3) is 0 Å². The molecular formula is C10H17N3S. The molecule has 1 fully saturated rings. The van der Waals surface area contributed by atoms with Gasteiger partial charge in [-0.15, -0.1) is 21.5 Å². The van der Waals surface area contributed by atoms with Crippen LogP contribution in [0.2, 0.25) is 0 Å². The average molecular weight is 211 g/mol. The minimum atomic E-state index is 0.708. The highest BCUT2D eigenvalue weighted by atomic mass is 32.1. The summed E-state index contributed by atoms with van der Waals surface area (Å²) in [4.78, 5) is 0. The van der Waals surface area contributed by atoms with Crippen molar-refractivity contribution in [2.24, 2.45) is 5.73 Å². The van der Waals surface area contributed by atoms with Crippen molar-refractivity contribution in [2.75, 3.05) is 6.54 Å². The van der Waals surface area contributed by atoms with Gasteiger partial charge in [-0.05, 0) is 25.8 Å². The summed E-state index contributed by atoms with van der Waals surface area (Å²) in [6, 6.07) is 0. The summed E-state index contributed by atoms with van der Waals surface area (Å²) in [6.45, 7) is 0.748. The Morgan fingerprint density at radius 1 is 1.29 bits per heavy atom. The van der Waals surface area contributed by atoms with Crippen LogP contribution in [0, 0.1) is 0 Å². The molecule has 0 atom stereocenters. The number of hydrogen-bond donors (Lipinski definition) is 1. The predicted molar refractivity (Wildman–Crippen MR) is 58.5 cm³/mol. The number of aromatic nitrogens is 2. The van der Waals surface area contributed by atoms with Crippen molar-refractivity contribution in [3.05, 3.63) is 10.0 Å². The zero-order valence-corrected chi connectivity index (χ0v) is 9.22. The first-order chi connectivity index (χ1) is 6.90. The van der Waals surface area contributed by atoms with Gasteiger partial charge >= 0.3 is 0 Å². The molecule has 0 radical (unpaired) electrons. The first kappa shape index (κ1) is 10.1. The van der Waals surface area contributed by atoms with Crippen molar-refractivity contribution < 1.29 is 0 Å². The molecule has 14 heavy (non-hydrogen) atoms. The van der Waals surface area contributed by atoms with Gasteiger partial charge in [0.25, 0.3) is 0 Å². The Hall–Kier alpha value is -0.480. The summed E-state index contributed by atoms with van der Waals surface area (Å²) in [5, 5.41) is 10.9. The molecule has 3 nitrogen and oxygen atoms in total. The van der Waals surface area contributed by atoms with E-state index in [0.29, 0.717) is 5.92 Å². The standard InChI is InChI=1S/C10H17N3S/c11-7-3-6-9-12-13-10(14-9)8-4-1-2-5-8/h8H,1-7,11H2. The Labute approximate surface area is 88.7 Å². The van der Waals surface area contributed by atoms with E-state index in [1.54, 1.807) is 11.3 Å². The van der Waals surface area contributed by atoms with E-state index in [1.807, 2.05) is 0 Å². The van der Waals surface area contributed by atoms with E-state index in [9.17, 15) is 0 Å². The molecule has 1 saturated carbocycles. The Balaban J connectivity index is 1.94. The summed E-state index contributed by atoms with van der Waals surface area (Å²) < 4.78 is 0. The van der Waals surface area contributed by atoms with Gasteiger partial charge in [0.2, 0.25) is 0 Å². The molecule has 1 aromatic heterocycles. The normalized spacial score (nSPS) is 17.8. The van der Waals surface area contributed by atoms with Crippen molar-refractivity contribution in [3.8, 4) is 0 Å². The summed E-state index contributed by atoms with van der Waals surface area (Å²) in [6.07, 6.45) is 7.38. The van der Waals surface area contributed by atoms with Crippen LogP contribution >= 0.6 is 11.3 Å². The van der Waals surface area contributed by atoms with Gasteiger partial charge in [-0.25, -0.2) is 0 Å². The zero-order chi connectivity index (χ0) is 9.80. The third-order valence-corrected chi connectivity index (χ3v) is 3.93. The SMILES string of the molecule is NCCCc1nnc(C2CCCC2)s1. The molecule has 1 heterocycles. The van der Waals surface area contributed by atoms with Gasteiger partial charge in [0.1, 0.15) is 10.0 Å². The fraction of sp³-hybridized carbons (Fsp3) is 0.800. The number of nitrogens with zero attached hydrogens (tertiary/aromatic N) is 2. The van der Waals surface area contributed by atoms with Gasteiger partial charge in [0.15, 0.2) is 0 Å². The van der Waals surface area contributed by atoms with Gasteiger partial charge in [0.05, 0.1) is 0 Å². The number of rotatable bonds is 4. The molecule has 4 heteroatoms. The lowest BCUT2D eigenvalue weighted by Gasteiger charge is -2.00. The van der Waals surface area contributed by atoms with Crippen LogP contribution < -0.4 is 5.73 Å². The minimum absolute atomic E-state index is 0.708. The van der Waals surface area contributed by atoms with E-state index in [0.717, 1.165) is 24.4 Å². The summed E-state index contributed by atoms with van der Waals surface area (Å²) in [7, 11) is 0. The molecule has 0 aromatic carbocycles. The largest absolute Gasteiger partial charge is 0.330 e. The van der Waals surface area contributed by atoms with Crippen LogP contribution in [-0.4, -0.2) is 16.7 Å². The third kappa shape index (κ3) is 2.30. The number of aryl methyl sites for hydroxylation is 1. The predicted octanol–water partition coefficient (Wildman–Crippen LogP) is 2.09. The van der Waals surface area contributed by atoms with E-state index in [1.165, 1.54) is 30.7 Å². The molecule has 0 unspecified atom stereocenters. The minimum Gasteiger partial charge on any atom is -0.330 e. The maximum Gasteiger partial charge on any atom is 0.120 e. The molecule has 1 aliphatic rings. The molecule has 1 aromatic rings. The van der Waals surface area contributed by atoms with Crippen LogP contribution in [0.4, 0.5) is 0 Å². The highest BCUT2D eigenvalue weighted by Gasteiger charge is 2.20. The van der Waals surface area contributed by atoms with Crippen LogP contribution in [0.1, 0.15) is 48.0 Å². The van der Waals surface area contributed by atoms with E-state index < -0.39 is 0 Å². The van der Waals surface area contributed by atoms with Crippen molar-refractivity contribution in [2.45, 2.75) is 44.4 Å². The second kappa shape index (κ2) is 4.84. The summed E-state index contributed by atoms with van der Waals surface area (Å²) >= 11 is 1.79. The number of nitrogens with two attached hydrogens (primary N) is 1. The number of hydrogen-bond acceptors (Lipinski definition) is 4. The van der Waals surface area contributed by atoms with Gasteiger partial charge in [-0.1, -0.05) is 12.8 Å². The summed E-state index contributed by atoms with van der Waals surface area (Å²) in [5.74, 6) is 0.708. The highest BCUT2D eigenvalue weighted by molar-refractivity contribution is 7.11. The molecule has 0 bridgehead atoms. The maximum atomic E-state index is 5.46. The highest BCUT2D eigenvalue weighted by Crippen LogP contribution is 2.35. The lowest BCUT2D eigenvalue weighted by Crippen LogP contribution is -1.99. The van der Waals surface area contributed by atoms with Gasteiger partial charge in [-0.2, -0.15) is 0 Å². The Morgan fingerprint density at radius 2 is 2.07 bits per heavy atom. The van der Waals surface area contributed by atoms with Crippen molar-refractivity contribution in [1.29, 1.82) is 0 Å². The molecule has 2 N–H and O–H groups in total. The zero-order valence-electron chi connectivity index (χ0n) is 8.41. The molecular weight excluding hydrogens is 194 g/mol. The van der Waals surface area contributed by atoms with E-state index in [-0.39, 0.29) is 0 Å². The molecule has 0 spiro atoms. The second-order valence-electron chi connectivity index (χ2n) is 3.91. The molecule has 78 valence electrons.